The van der Waals surface area contributed by atoms with Crippen LogP contribution in [0.5, 0.6) is 0 Å². The number of piperazine rings is 1. The molecule has 0 spiro atoms. The number of alkyl halides is 9. The number of likely N-dealkylation sites (tertiary alicyclic amines) is 1. The average molecular weight is 606 g/mol. The molecule has 2 heterocycles. The van der Waals surface area contributed by atoms with Gasteiger partial charge in [-0.05, 0) is 38.1 Å². The molecule has 0 aromatic heterocycles. The lowest BCUT2D eigenvalue weighted by atomic mass is 10.0. The second-order valence-corrected chi connectivity index (χ2v) is 9.38. The van der Waals surface area contributed by atoms with Gasteiger partial charge in [-0.3, -0.25) is 14.5 Å². The highest BCUT2D eigenvalue weighted by atomic mass is 19.4. The Morgan fingerprint density at radius 1 is 0.854 bits per heavy atom. The molecule has 0 N–H and O–H groups in total. The van der Waals surface area contributed by atoms with Crippen LogP contribution in [0.25, 0.3) is 0 Å². The number of amides is 2. The van der Waals surface area contributed by atoms with Crippen LogP contribution in [0.15, 0.2) is 18.2 Å². The van der Waals surface area contributed by atoms with Gasteiger partial charge in [0.05, 0.1) is 17.3 Å². The molecule has 1 unspecified atom stereocenters. The standard InChI is InChI=1S/C23H23F9N4O5/c1-33-7-9-34(10-8-33)13-4-5-15(17(37)41-20(40)23(30,31)32)16(11-13)36(19(39)22(27,28)29)14-3-2-6-35(12-14)18(38)21(24,25)26/h4-5,11,14H,2-3,6-10,12H2,1H3. The summed E-state index contributed by atoms with van der Waals surface area (Å²) in [5.74, 6) is -10.1. The Bertz CT molecular complexity index is 1180. The highest BCUT2D eigenvalue weighted by Gasteiger charge is 2.50. The van der Waals surface area contributed by atoms with Crippen molar-refractivity contribution in [3.05, 3.63) is 23.8 Å². The van der Waals surface area contributed by atoms with Crippen molar-refractivity contribution in [3.8, 4) is 0 Å². The van der Waals surface area contributed by atoms with Crippen molar-refractivity contribution in [3.63, 3.8) is 0 Å². The highest BCUT2D eigenvalue weighted by molar-refractivity contribution is 6.08. The van der Waals surface area contributed by atoms with E-state index >= 15 is 0 Å². The van der Waals surface area contributed by atoms with Crippen LogP contribution < -0.4 is 9.80 Å². The number of benzene rings is 1. The van der Waals surface area contributed by atoms with E-state index in [1.807, 2.05) is 4.90 Å². The molecule has 1 atom stereocenters. The van der Waals surface area contributed by atoms with Crippen molar-refractivity contribution in [2.45, 2.75) is 37.4 Å². The first-order valence-corrected chi connectivity index (χ1v) is 12.0. The van der Waals surface area contributed by atoms with Crippen molar-refractivity contribution in [2.75, 3.05) is 56.1 Å². The van der Waals surface area contributed by atoms with Crippen LogP contribution in [0.3, 0.4) is 0 Å². The van der Waals surface area contributed by atoms with E-state index in [1.54, 1.807) is 11.9 Å². The largest absolute Gasteiger partial charge is 0.491 e. The number of anilines is 2. The van der Waals surface area contributed by atoms with Crippen molar-refractivity contribution in [2.24, 2.45) is 0 Å². The first-order chi connectivity index (χ1) is 18.8. The van der Waals surface area contributed by atoms with E-state index in [0.29, 0.717) is 26.2 Å². The molecule has 0 saturated carbocycles. The molecule has 2 amide bonds. The van der Waals surface area contributed by atoms with Crippen molar-refractivity contribution in [1.29, 1.82) is 0 Å². The second-order valence-electron chi connectivity index (χ2n) is 9.38. The Kier molecular flexibility index (Phi) is 9.14. The smallest absolute Gasteiger partial charge is 0.383 e. The summed E-state index contributed by atoms with van der Waals surface area (Å²) in [6.45, 7) is 0.0742. The van der Waals surface area contributed by atoms with Crippen LogP contribution in [0.4, 0.5) is 50.9 Å². The van der Waals surface area contributed by atoms with Gasteiger partial charge < -0.3 is 19.4 Å². The zero-order valence-electron chi connectivity index (χ0n) is 21.2. The number of piperidine rings is 1. The third kappa shape index (κ3) is 7.59. The summed E-state index contributed by atoms with van der Waals surface area (Å²) in [5, 5.41) is 0. The van der Waals surface area contributed by atoms with E-state index in [4.69, 9.17) is 0 Å². The molecule has 3 rings (SSSR count). The van der Waals surface area contributed by atoms with Crippen molar-refractivity contribution >= 4 is 35.1 Å². The lowest BCUT2D eigenvalue weighted by Gasteiger charge is -2.40. The topological polar surface area (TPSA) is 90.5 Å². The summed E-state index contributed by atoms with van der Waals surface area (Å²) in [5.41, 5.74) is -1.88. The molecule has 2 fully saturated rings. The van der Waals surface area contributed by atoms with E-state index in [0.717, 1.165) is 18.2 Å². The van der Waals surface area contributed by atoms with Gasteiger partial charge in [-0.15, -0.1) is 0 Å². The number of hydrogen-bond acceptors (Lipinski definition) is 7. The highest BCUT2D eigenvalue weighted by Crippen LogP contribution is 2.36. The Labute approximate surface area is 226 Å². The predicted molar refractivity (Wildman–Crippen MR) is 122 cm³/mol. The van der Waals surface area contributed by atoms with Gasteiger partial charge >= 0.3 is 42.3 Å². The molecule has 1 aromatic rings. The van der Waals surface area contributed by atoms with Crippen LogP contribution in [0.1, 0.15) is 23.2 Å². The maximum atomic E-state index is 13.8. The number of carbonyl (C=O) groups is 4. The molecule has 2 aliphatic rings. The van der Waals surface area contributed by atoms with Gasteiger partial charge in [-0.25, -0.2) is 9.59 Å². The fraction of sp³-hybridized carbons (Fsp3) is 0.565. The van der Waals surface area contributed by atoms with E-state index in [9.17, 15) is 58.7 Å². The summed E-state index contributed by atoms with van der Waals surface area (Å²) >= 11 is 0. The molecule has 228 valence electrons. The summed E-state index contributed by atoms with van der Waals surface area (Å²) in [7, 11) is 1.79. The minimum atomic E-state index is -5.66. The van der Waals surface area contributed by atoms with Gasteiger partial charge in [0.2, 0.25) is 0 Å². The molecule has 1 aromatic carbocycles. The van der Waals surface area contributed by atoms with E-state index < -0.39 is 72.7 Å². The molecule has 0 bridgehead atoms. The van der Waals surface area contributed by atoms with Gasteiger partial charge in [0, 0.05) is 45.0 Å². The fourth-order valence-electron chi connectivity index (χ4n) is 4.49. The number of esters is 2. The number of hydrogen-bond donors (Lipinski definition) is 0. The van der Waals surface area contributed by atoms with E-state index in [1.165, 1.54) is 0 Å². The molecule has 2 saturated heterocycles. The molecule has 2 aliphatic heterocycles. The molecular weight excluding hydrogens is 583 g/mol. The first-order valence-electron chi connectivity index (χ1n) is 12.0. The van der Waals surface area contributed by atoms with Crippen LogP contribution in [-0.2, 0) is 19.1 Å². The lowest BCUT2D eigenvalue weighted by molar-refractivity contribution is -0.193. The van der Waals surface area contributed by atoms with Crippen LogP contribution in [-0.4, -0.2) is 104 Å². The normalized spacial score (nSPS) is 19.1. The zero-order chi connectivity index (χ0) is 30.9. The Morgan fingerprint density at radius 3 is 2.00 bits per heavy atom. The molecule has 0 aliphatic carbocycles. The van der Waals surface area contributed by atoms with Gasteiger partial charge in [0.25, 0.3) is 0 Å². The third-order valence-corrected chi connectivity index (χ3v) is 6.50. The van der Waals surface area contributed by atoms with Crippen LogP contribution in [0.2, 0.25) is 0 Å². The molecule has 18 heteroatoms. The van der Waals surface area contributed by atoms with Gasteiger partial charge in [-0.1, -0.05) is 0 Å². The monoisotopic (exact) mass is 606 g/mol. The van der Waals surface area contributed by atoms with Crippen molar-refractivity contribution < 1.29 is 63.4 Å². The Hall–Kier alpha value is -3.57. The van der Waals surface area contributed by atoms with E-state index in [-0.39, 0.29) is 28.3 Å². The Morgan fingerprint density at radius 2 is 1.46 bits per heavy atom. The SMILES string of the molecule is CN1CCN(c2ccc(C(=O)OC(=O)C(F)(F)F)c(N(C(=O)C(F)(F)F)C3CCCN(C(=O)C(F)(F)F)C3)c2)CC1. The maximum Gasteiger partial charge on any atom is 0.491 e. The lowest BCUT2D eigenvalue weighted by Crippen LogP contribution is -2.57. The zero-order valence-corrected chi connectivity index (χ0v) is 21.2. The molecule has 9 nitrogen and oxygen atoms in total. The number of nitrogens with zero attached hydrogens (tertiary/aromatic N) is 4. The average Bonchev–Trinajstić information content (AvgIpc) is 2.87. The van der Waals surface area contributed by atoms with Crippen LogP contribution in [0, 0.1) is 0 Å². The number of halogens is 9. The second kappa shape index (κ2) is 11.7. The summed E-state index contributed by atoms with van der Waals surface area (Å²) in [6.07, 6.45) is -17.3. The third-order valence-electron chi connectivity index (χ3n) is 6.50. The number of carbonyl (C=O) groups excluding carboxylic acids is 4. The number of rotatable bonds is 4. The maximum absolute atomic E-state index is 13.8. The molecule has 41 heavy (non-hydrogen) atoms. The van der Waals surface area contributed by atoms with Gasteiger partial charge in [0.15, 0.2) is 0 Å². The summed E-state index contributed by atoms with van der Waals surface area (Å²) in [6, 6.07) is 1.01. The van der Waals surface area contributed by atoms with Gasteiger partial charge in [-0.2, -0.15) is 39.5 Å². The van der Waals surface area contributed by atoms with Crippen molar-refractivity contribution in [1.82, 2.24) is 9.80 Å². The Balaban J connectivity index is 2.14. The quantitative estimate of drug-likeness (QED) is 0.296. The van der Waals surface area contributed by atoms with E-state index in [2.05, 4.69) is 4.74 Å². The minimum Gasteiger partial charge on any atom is -0.383 e. The minimum absolute atomic E-state index is 0.0654. The predicted octanol–water partition coefficient (Wildman–Crippen LogP) is 3.13. The van der Waals surface area contributed by atoms with Gasteiger partial charge in [0.1, 0.15) is 0 Å². The summed E-state index contributed by atoms with van der Waals surface area (Å²) < 4.78 is 123. The first kappa shape index (κ1) is 32.0. The summed E-state index contributed by atoms with van der Waals surface area (Å²) in [4.78, 5) is 52.1. The number of likely N-dealkylation sites (N-methyl/N-ethyl adjacent to an activating group) is 1. The number of ether oxygens (including phenoxy) is 1. The van der Waals surface area contributed by atoms with Crippen LogP contribution >= 0.6 is 0 Å². The fourth-order valence-corrected chi connectivity index (χ4v) is 4.49. The molecular formula is C23H23F9N4O5. The molecule has 0 radical (unpaired) electrons.